The molecule has 152 valence electrons. The molecule has 0 aliphatic carbocycles. The topological polar surface area (TPSA) is 120 Å². The van der Waals surface area contributed by atoms with Crippen molar-refractivity contribution in [2.75, 3.05) is 20.3 Å². The molecule has 10 heteroatoms. The summed E-state index contributed by atoms with van der Waals surface area (Å²) in [6.07, 6.45) is -0.633. The maximum absolute atomic E-state index is 12.3. The fourth-order valence-corrected chi connectivity index (χ4v) is 3.04. The average Bonchev–Trinajstić information content (AvgIpc) is 2.56. The summed E-state index contributed by atoms with van der Waals surface area (Å²) < 4.78 is 41.7. The van der Waals surface area contributed by atoms with E-state index in [1.807, 2.05) is 0 Å². The second-order valence-corrected chi connectivity index (χ2v) is 8.33. The van der Waals surface area contributed by atoms with E-state index >= 15 is 0 Å². The lowest BCUT2D eigenvalue weighted by Gasteiger charge is -2.19. The van der Waals surface area contributed by atoms with Crippen molar-refractivity contribution < 1.29 is 32.2 Å². The summed E-state index contributed by atoms with van der Waals surface area (Å²) in [5.74, 6) is -0.253. The Bertz CT molecular complexity index is 740. The third-order valence-corrected chi connectivity index (χ3v) is 4.63. The Morgan fingerprint density at radius 3 is 2.26 bits per heavy atom. The number of hydrogen-bond donors (Lipinski definition) is 2. The van der Waals surface area contributed by atoms with Crippen LogP contribution in [-0.4, -0.2) is 52.4 Å². The van der Waals surface area contributed by atoms with Gasteiger partial charge in [0, 0.05) is 0 Å². The molecule has 0 spiro atoms. The highest BCUT2D eigenvalue weighted by Crippen LogP contribution is 2.15. The minimum atomic E-state index is -3.89. The molecule has 0 heterocycles. The minimum absolute atomic E-state index is 0.00505. The molecule has 1 amide bonds. The Morgan fingerprint density at radius 2 is 1.74 bits per heavy atom. The molecule has 0 bridgehead atoms. The second-order valence-electron chi connectivity index (χ2n) is 6.61. The number of carbonyl (C=O) groups is 2. The van der Waals surface area contributed by atoms with Crippen molar-refractivity contribution in [3.63, 3.8) is 0 Å². The molecule has 1 atom stereocenters. The third kappa shape index (κ3) is 8.27. The number of carbonyl (C=O) groups excluding carboxylic acids is 2. The van der Waals surface area contributed by atoms with Gasteiger partial charge in [-0.25, -0.2) is 13.2 Å². The molecule has 0 aromatic heterocycles. The summed E-state index contributed by atoms with van der Waals surface area (Å²) in [7, 11) is -2.42. The van der Waals surface area contributed by atoms with Gasteiger partial charge in [-0.1, -0.05) is 0 Å². The van der Waals surface area contributed by atoms with Crippen molar-refractivity contribution in [2.24, 2.45) is 0 Å². The van der Waals surface area contributed by atoms with Crippen LogP contribution >= 0.6 is 0 Å². The molecule has 1 rings (SSSR count). The highest BCUT2D eigenvalue weighted by Gasteiger charge is 2.23. The summed E-state index contributed by atoms with van der Waals surface area (Å²) in [6, 6.07) is 4.63. The predicted octanol–water partition coefficient (Wildman–Crippen LogP) is 1.43. The molecular formula is C17H26N2O7S. The lowest BCUT2D eigenvalue weighted by molar-refractivity contribution is -0.145. The zero-order valence-electron chi connectivity index (χ0n) is 16.1. The average molecular weight is 402 g/mol. The fraction of sp³-hybridized carbons (Fsp3) is 0.529. The van der Waals surface area contributed by atoms with Crippen LogP contribution in [0, 0.1) is 0 Å². The molecule has 2 N–H and O–H groups in total. The van der Waals surface area contributed by atoms with Gasteiger partial charge in [0.1, 0.15) is 24.0 Å². The van der Waals surface area contributed by atoms with E-state index in [1.165, 1.54) is 38.3 Å². The standard InChI is InChI=1S/C17H26N2O7S/c1-12(15(20)25-11-10-18-16(21)26-17(2,3)4)19-27(22,23)14-8-6-13(24-5)7-9-14/h6-9,12,19H,10-11H2,1-5H3,(H,18,21)/t12-/m0/s1. The molecule has 0 fully saturated rings. The Labute approximate surface area is 159 Å². The molecule has 0 aliphatic heterocycles. The third-order valence-electron chi connectivity index (χ3n) is 3.07. The van der Waals surface area contributed by atoms with E-state index < -0.39 is 33.7 Å². The largest absolute Gasteiger partial charge is 0.497 e. The molecule has 0 unspecified atom stereocenters. The molecule has 1 aromatic rings. The van der Waals surface area contributed by atoms with Gasteiger partial charge in [0.25, 0.3) is 0 Å². The number of methoxy groups -OCH3 is 1. The molecule has 1 aromatic carbocycles. The molecule has 0 aliphatic rings. The van der Waals surface area contributed by atoms with Gasteiger partial charge in [-0.3, -0.25) is 4.79 Å². The number of benzene rings is 1. The van der Waals surface area contributed by atoms with Crippen LogP contribution in [0.3, 0.4) is 0 Å². The summed E-state index contributed by atoms with van der Waals surface area (Å²) in [4.78, 5) is 23.4. The number of amides is 1. The minimum Gasteiger partial charge on any atom is -0.497 e. The molecular weight excluding hydrogens is 376 g/mol. The predicted molar refractivity (Wildman–Crippen MR) is 98.0 cm³/mol. The Balaban J connectivity index is 2.46. The monoisotopic (exact) mass is 402 g/mol. The zero-order valence-corrected chi connectivity index (χ0v) is 16.9. The van der Waals surface area contributed by atoms with Gasteiger partial charge in [0.05, 0.1) is 18.6 Å². The van der Waals surface area contributed by atoms with Gasteiger partial charge in [-0.15, -0.1) is 0 Å². The Hall–Kier alpha value is -2.33. The van der Waals surface area contributed by atoms with Gasteiger partial charge in [0.2, 0.25) is 10.0 Å². The summed E-state index contributed by atoms with van der Waals surface area (Å²) in [5, 5.41) is 2.43. The molecule has 0 radical (unpaired) electrons. The quantitative estimate of drug-likeness (QED) is 0.498. The molecule has 27 heavy (non-hydrogen) atoms. The maximum Gasteiger partial charge on any atom is 0.407 e. The van der Waals surface area contributed by atoms with E-state index in [1.54, 1.807) is 20.8 Å². The van der Waals surface area contributed by atoms with E-state index in [0.29, 0.717) is 5.75 Å². The van der Waals surface area contributed by atoms with E-state index in [9.17, 15) is 18.0 Å². The Morgan fingerprint density at radius 1 is 1.15 bits per heavy atom. The number of sulfonamides is 1. The number of rotatable bonds is 8. The number of ether oxygens (including phenoxy) is 3. The van der Waals surface area contributed by atoms with Gasteiger partial charge in [0.15, 0.2) is 0 Å². The van der Waals surface area contributed by atoms with Crippen LogP contribution in [0.25, 0.3) is 0 Å². The molecule has 0 saturated carbocycles. The SMILES string of the molecule is COc1ccc(S(=O)(=O)N[C@@H](C)C(=O)OCCNC(=O)OC(C)(C)C)cc1. The van der Waals surface area contributed by atoms with Crippen LogP contribution in [0.4, 0.5) is 4.79 Å². The van der Waals surface area contributed by atoms with Gasteiger partial charge in [-0.05, 0) is 52.0 Å². The van der Waals surface area contributed by atoms with E-state index in [0.717, 1.165) is 0 Å². The van der Waals surface area contributed by atoms with Crippen LogP contribution in [0.5, 0.6) is 5.75 Å². The highest BCUT2D eigenvalue weighted by molar-refractivity contribution is 7.89. The highest BCUT2D eigenvalue weighted by atomic mass is 32.2. The summed E-state index contributed by atoms with van der Waals surface area (Å²) in [6.45, 7) is 6.46. The first-order chi connectivity index (χ1) is 12.4. The number of hydrogen-bond acceptors (Lipinski definition) is 7. The smallest absolute Gasteiger partial charge is 0.407 e. The first-order valence-electron chi connectivity index (χ1n) is 8.24. The Kier molecular flexibility index (Phi) is 8.04. The lowest BCUT2D eigenvalue weighted by Crippen LogP contribution is -2.40. The fourth-order valence-electron chi connectivity index (χ4n) is 1.85. The van der Waals surface area contributed by atoms with Gasteiger partial charge in [-0.2, -0.15) is 4.72 Å². The number of esters is 1. The molecule has 9 nitrogen and oxygen atoms in total. The van der Waals surface area contributed by atoms with Crippen LogP contribution in [0.15, 0.2) is 29.2 Å². The van der Waals surface area contributed by atoms with E-state index in [2.05, 4.69) is 10.0 Å². The van der Waals surface area contributed by atoms with E-state index in [4.69, 9.17) is 14.2 Å². The van der Waals surface area contributed by atoms with Gasteiger partial charge >= 0.3 is 12.1 Å². The van der Waals surface area contributed by atoms with Crippen molar-refractivity contribution in [2.45, 2.75) is 44.2 Å². The van der Waals surface area contributed by atoms with Crippen LogP contribution in [0.1, 0.15) is 27.7 Å². The summed E-state index contributed by atoms with van der Waals surface area (Å²) in [5.41, 5.74) is -0.630. The van der Waals surface area contributed by atoms with Crippen LogP contribution in [0.2, 0.25) is 0 Å². The zero-order chi connectivity index (χ0) is 20.7. The first-order valence-corrected chi connectivity index (χ1v) is 9.73. The van der Waals surface area contributed by atoms with Crippen molar-refractivity contribution >= 4 is 22.1 Å². The normalized spacial score (nSPS) is 12.8. The maximum atomic E-state index is 12.3. The number of nitrogens with one attached hydrogen (secondary N) is 2. The van der Waals surface area contributed by atoms with E-state index in [-0.39, 0.29) is 18.0 Å². The van der Waals surface area contributed by atoms with Crippen molar-refractivity contribution in [3.8, 4) is 5.75 Å². The lowest BCUT2D eigenvalue weighted by atomic mass is 10.2. The summed E-state index contributed by atoms with van der Waals surface area (Å²) >= 11 is 0. The first kappa shape index (κ1) is 22.7. The second kappa shape index (κ2) is 9.56. The van der Waals surface area contributed by atoms with Crippen molar-refractivity contribution in [1.29, 1.82) is 0 Å². The van der Waals surface area contributed by atoms with Crippen LogP contribution in [-0.2, 0) is 24.3 Å². The number of alkyl carbamates (subject to hydrolysis) is 1. The van der Waals surface area contributed by atoms with Gasteiger partial charge < -0.3 is 19.5 Å². The molecule has 0 saturated heterocycles. The van der Waals surface area contributed by atoms with Crippen molar-refractivity contribution in [3.05, 3.63) is 24.3 Å². The van der Waals surface area contributed by atoms with Crippen LogP contribution < -0.4 is 14.8 Å². The van der Waals surface area contributed by atoms with Crippen molar-refractivity contribution in [1.82, 2.24) is 10.0 Å².